The molecule has 1 saturated heterocycles. The summed E-state index contributed by atoms with van der Waals surface area (Å²) in [6, 6.07) is -0.160. The molecule has 1 aliphatic heterocycles. The molecular formula is C12H25N3O2. The molecule has 17 heavy (non-hydrogen) atoms. The lowest BCUT2D eigenvalue weighted by Gasteiger charge is -2.29. The SMILES string of the molecule is CN(C)CC(C)(C)CNC(=O)C1COCC1N. The predicted octanol–water partition coefficient (Wildman–Crippen LogP) is -0.336. The highest BCUT2D eigenvalue weighted by Crippen LogP contribution is 2.16. The van der Waals surface area contributed by atoms with E-state index in [2.05, 4.69) is 24.1 Å². The number of nitrogens with two attached hydrogens (primary N) is 1. The van der Waals surface area contributed by atoms with Gasteiger partial charge in [0, 0.05) is 19.1 Å². The van der Waals surface area contributed by atoms with Crippen molar-refractivity contribution in [1.29, 1.82) is 0 Å². The van der Waals surface area contributed by atoms with E-state index in [1.165, 1.54) is 0 Å². The van der Waals surface area contributed by atoms with Gasteiger partial charge < -0.3 is 20.7 Å². The first-order valence-corrected chi connectivity index (χ1v) is 6.07. The van der Waals surface area contributed by atoms with Crippen LogP contribution in [0.3, 0.4) is 0 Å². The number of hydrogen-bond acceptors (Lipinski definition) is 4. The minimum Gasteiger partial charge on any atom is -0.379 e. The highest BCUT2D eigenvalue weighted by molar-refractivity contribution is 5.79. The van der Waals surface area contributed by atoms with Crippen molar-refractivity contribution in [3.05, 3.63) is 0 Å². The second-order valence-corrected chi connectivity index (χ2v) is 5.93. The Labute approximate surface area is 104 Å². The van der Waals surface area contributed by atoms with Gasteiger partial charge in [-0.1, -0.05) is 13.8 Å². The maximum Gasteiger partial charge on any atom is 0.227 e. The largest absolute Gasteiger partial charge is 0.379 e. The molecule has 0 aromatic carbocycles. The van der Waals surface area contributed by atoms with E-state index in [1.807, 2.05) is 14.1 Å². The molecule has 0 spiro atoms. The van der Waals surface area contributed by atoms with Crippen LogP contribution in [-0.4, -0.2) is 57.2 Å². The van der Waals surface area contributed by atoms with E-state index >= 15 is 0 Å². The molecule has 0 aromatic heterocycles. The summed E-state index contributed by atoms with van der Waals surface area (Å²) in [5.74, 6) is -0.174. The van der Waals surface area contributed by atoms with Gasteiger partial charge >= 0.3 is 0 Å². The fourth-order valence-electron chi connectivity index (χ4n) is 2.21. The van der Waals surface area contributed by atoms with E-state index in [0.717, 1.165) is 6.54 Å². The molecule has 0 aromatic rings. The van der Waals surface area contributed by atoms with E-state index in [4.69, 9.17) is 10.5 Å². The first kappa shape index (κ1) is 14.4. The van der Waals surface area contributed by atoms with Crippen LogP contribution in [0.4, 0.5) is 0 Å². The highest BCUT2D eigenvalue weighted by atomic mass is 16.5. The van der Waals surface area contributed by atoms with Crippen molar-refractivity contribution in [3.63, 3.8) is 0 Å². The van der Waals surface area contributed by atoms with Crippen LogP contribution in [0.25, 0.3) is 0 Å². The molecule has 1 amide bonds. The fourth-order valence-corrected chi connectivity index (χ4v) is 2.21. The van der Waals surface area contributed by atoms with E-state index < -0.39 is 0 Å². The van der Waals surface area contributed by atoms with Crippen LogP contribution in [0, 0.1) is 11.3 Å². The third kappa shape index (κ3) is 4.61. The molecule has 5 heteroatoms. The standard InChI is InChI=1S/C12H25N3O2/c1-12(2,8-15(3)4)7-14-11(16)9-5-17-6-10(9)13/h9-10H,5-8,13H2,1-4H3,(H,14,16). The normalized spacial score (nSPS) is 25.3. The van der Waals surface area contributed by atoms with E-state index in [9.17, 15) is 4.79 Å². The Kier molecular flexibility index (Phi) is 4.91. The van der Waals surface area contributed by atoms with Gasteiger partial charge in [-0.3, -0.25) is 4.79 Å². The van der Waals surface area contributed by atoms with Gasteiger partial charge in [-0.25, -0.2) is 0 Å². The number of nitrogens with zero attached hydrogens (tertiary/aromatic N) is 1. The Hall–Kier alpha value is -0.650. The summed E-state index contributed by atoms with van der Waals surface area (Å²) in [5, 5.41) is 2.98. The molecule has 0 saturated carbocycles. The average Bonchev–Trinajstić information content (AvgIpc) is 2.59. The zero-order chi connectivity index (χ0) is 13.1. The number of amides is 1. The van der Waals surface area contributed by atoms with Crippen molar-refractivity contribution in [2.24, 2.45) is 17.1 Å². The summed E-state index contributed by atoms with van der Waals surface area (Å²) >= 11 is 0. The number of carbonyl (C=O) groups is 1. The lowest BCUT2D eigenvalue weighted by Crippen LogP contribution is -2.45. The fraction of sp³-hybridized carbons (Fsp3) is 0.917. The molecule has 2 atom stereocenters. The van der Waals surface area contributed by atoms with Gasteiger partial charge in [-0.05, 0) is 19.5 Å². The van der Waals surface area contributed by atoms with E-state index in [-0.39, 0.29) is 23.3 Å². The quantitative estimate of drug-likeness (QED) is 0.693. The van der Waals surface area contributed by atoms with Crippen LogP contribution in [0.2, 0.25) is 0 Å². The van der Waals surface area contributed by atoms with Gasteiger partial charge in [-0.2, -0.15) is 0 Å². The molecule has 3 N–H and O–H groups in total. The van der Waals surface area contributed by atoms with Crippen LogP contribution in [-0.2, 0) is 9.53 Å². The molecule has 1 aliphatic rings. The maximum absolute atomic E-state index is 11.9. The van der Waals surface area contributed by atoms with Crippen molar-refractivity contribution in [2.75, 3.05) is 40.4 Å². The maximum atomic E-state index is 11.9. The number of rotatable bonds is 5. The third-order valence-corrected chi connectivity index (χ3v) is 2.95. The number of nitrogens with one attached hydrogen (secondary N) is 1. The van der Waals surface area contributed by atoms with Crippen molar-refractivity contribution in [3.8, 4) is 0 Å². The number of ether oxygens (including phenoxy) is 1. The van der Waals surface area contributed by atoms with Gasteiger partial charge in [0.1, 0.15) is 0 Å². The van der Waals surface area contributed by atoms with Crippen LogP contribution < -0.4 is 11.1 Å². The van der Waals surface area contributed by atoms with E-state index in [0.29, 0.717) is 19.8 Å². The van der Waals surface area contributed by atoms with Gasteiger partial charge in [0.15, 0.2) is 0 Å². The van der Waals surface area contributed by atoms with Crippen molar-refractivity contribution >= 4 is 5.91 Å². The first-order valence-electron chi connectivity index (χ1n) is 6.07. The molecule has 0 bridgehead atoms. The van der Waals surface area contributed by atoms with Crippen LogP contribution in [0.5, 0.6) is 0 Å². The molecule has 1 fully saturated rings. The van der Waals surface area contributed by atoms with Gasteiger partial charge in [0.2, 0.25) is 5.91 Å². The Bertz CT molecular complexity index is 266. The van der Waals surface area contributed by atoms with Gasteiger partial charge in [-0.15, -0.1) is 0 Å². The summed E-state index contributed by atoms with van der Waals surface area (Å²) in [6.45, 7) is 6.80. The molecule has 0 aliphatic carbocycles. The Morgan fingerprint density at radius 3 is 2.59 bits per heavy atom. The number of hydrogen-bond donors (Lipinski definition) is 2. The molecule has 5 nitrogen and oxygen atoms in total. The van der Waals surface area contributed by atoms with Crippen LogP contribution in [0.15, 0.2) is 0 Å². The lowest BCUT2D eigenvalue weighted by molar-refractivity contribution is -0.125. The minimum atomic E-state index is -0.190. The smallest absolute Gasteiger partial charge is 0.227 e. The van der Waals surface area contributed by atoms with E-state index in [1.54, 1.807) is 0 Å². The topological polar surface area (TPSA) is 67.6 Å². The summed E-state index contributed by atoms with van der Waals surface area (Å²) in [4.78, 5) is 14.0. The van der Waals surface area contributed by atoms with Crippen molar-refractivity contribution < 1.29 is 9.53 Å². The second-order valence-electron chi connectivity index (χ2n) is 5.93. The third-order valence-electron chi connectivity index (χ3n) is 2.95. The zero-order valence-electron chi connectivity index (χ0n) is 11.3. The average molecular weight is 243 g/mol. The van der Waals surface area contributed by atoms with Gasteiger partial charge in [0.05, 0.1) is 19.1 Å². The minimum absolute atomic E-state index is 0.0156. The first-order chi connectivity index (χ1) is 7.82. The van der Waals surface area contributed by atoms with Gasteiger partial charge in [0.25, 0.3) is 0 Å². The summed E-state index contributed by atoms with van der Waals surface area (Å²) in [7, 11) is 4.06. The second kappa shape index (κ2) is 5.80. The van der Waals surface area contributed by atoms with Crippen molar-refractivity contribution in [1.82, 2.24) is 10.2 Å². The molecule has 2 unspecified atom stereocenters. The lowest BCUT2D eigenvalue weighted by atomic mass is 9.92. The summed E-state index contributed by atoms with van der Waals surface area (Å²) in [6.07, 6.45) is 0. The monoisotopic (exact) mass is 243 g/mol. The highest BCUT2D eigenvalue weighted by Gasteiger charge is 2.32. The van der Waals surface area contributed by atoms with Crippen LogP contribution >= 0.6 is 0 Å². The number of carbonyl (C=O) groups excluding carboxylic acids is 1. The predicted molar refractivity (Wildman–Crippen MR) is 67.6 cm³/mol. The Morgan fingerprint density at radius 1 is 1.47 bits per heavy atom. The summed E-state index contributed by atoms with van der Waals surface area (Å²) < 4.78 is 5.19. The van der Waals surface area contributed by atoms with Crippen LogP contribution in [0.1, 0.15) is 13.8 Å². The van der Waals surface area contributed by atoms with Crippen molar-refractivity contribution in [2.45, 2.75) is 19.9 Å². The summed E-state index contributed by atoms with van der Waals surface area (Å²) in [5.41, 5.74) is 5.86. The molecule has 0 radical (unpaired) electrons. The molecule has 1 rings (SSSR count). The Morgan fingerprint density at radius 2 is 2.12 bits per heavy atom. The zero-order valence-corrected chi connectivity index (χ0v) is 11.3. The molecule has 100 valence electrons. The molecular weight excluding hydrogens is 218 g/mol. The Balaban J connectivity index is 2.37. The molecule has 1 heterocycles.